The Kier molecular flexibility index (Phi) is 2.32. The molecule has 0 aliphatic carbocycles. The van der Waals surface area contributed by atoms with E-state index in [4.69, 9.17) is 10.5 Å². The van der Waals surface area contributed by atoms with Crippen LogP contribution in [-0.4, -0.2) is 25.6 Å². The Morgan fingerprint density at radius 3 is 3.00 bits per heavy atom. The van der Waals surface area contributed by atoms with Crippen molar-refractivity contribution < 1.29 is 13.9 Å². The minimum absolute atomic E-state index is 0.111. The molecule has 0 radical (unpaired) electrons. The first kappa shape index (κ1) is 9.92. The van der Waals surface area contributed by atoms with Crippen LogP contribution < -0.4 is 15.4 Å². The van der Waals surface area contributed by atoms with Crippen LogP contribution in [0.3, 0.4) is 0 Å². The molecule has 1 aliphatic heterocycles. The Balaban J connectivity index is 2.45. The fourth-order valence-corrected chi connectivity index (χ4v) is 1.54. The number of carbonyl (C=O) groups is 1. The highest BCUT2D eigenvalue weighted by molar-refractivity contribution is 5.99. The number of hydrogen-bond donors (Lipinski definition) is 1. The van der Waals surface area contributed by atoms with Gasteiger partial charge < -0.3 is 15.4 Å². The maximum atomic E-state index is 13.0. The molecule has 1 aliphatic rings. The molecule has 0 bridgehead atoms. The van der Waals surface area contributed by atoms with Crippen LogP contribution in [0.4, 0.5) is 10.1 Å². The molecule has 80 valence electrons. The molecule has 0 saturated heterocycles. The van der Waals surface area contributed by atoms with Gasteiger partial charge >= 0.3 is 0 Å². The van der Waals surface area contributed by atoms with Crippen LogP contribution in [0, 0.1) is 5.82 Å². The Bertz CT molecular complexity index is 408. The van der Waals surface area contributed by atoms with Crippen molar-refractivity contribution in [3.63, 3.8) is 0 Å². The van der Waals surface area contributed by atoms with E-state index in [9.17, 15) is 9.18 Å². The highest BCUT2D eigenvalue weighted by Crippen LogP contribution is 2.33. The van der Waals surface area contributed by atoms with Gasteiger partial charge in [-0.3, -0.25) is 4.79 Å². The van der Waals surface area contributed by atoms with E-state index in [1.165, 1.54) is 23.1 Å². The molecule has 5 heteroatoms. The largest absolute Gasteiger partial charge is 0.477 e. The maximum Gasteiger partial charge on any atom is 0.269 e. The number of fused-ring (bicyclic) bond motifs is 1. The number of benzene rings is 1. The molecule has 15 heavy (non-hydrogen) atoms. The number of ether oxygens (including phenoxy) is 1. The first-order valence-corrected chi connectivity index (χ1v) is 4.57. The first-order chi connectivity index (χ1) is 7.13. The molecule has 1 aromatic rings. The zero-order valence-electron chi connectivity index (χ0n) is 8.24. The number of amides is 1. The molecule has 1 atom stereocenters. The van der Waals surface area contributed by atoms with Crippen molar-refractivity contribution in [3.05, 3.63) is 24.0 Å². The number of likely N-dealkylation sites (N-methyl/N-ethyl adjacent to an activating group) is 1. The second-order valence-electron chi connectivity index (χ2n) is 3.35. The Morgan fingerprint density at radius 2 is 2.33 bits per heavy atom. The molecular weight excluding hydrogens is 199 g/mol. The van der Waals surface area contributed by atoms with Gasteiger partial charge in [0, 0.05) is 19.7 Å². The number of hydrogen-bond acceptors (Lipinski definition) is 3. The standard InChI is InChI=1S/C10H11FN2O2/c1-13-7-4-6(11)2-3-8(7)15-9(5-12)10(13)14/h2-4,9H,5,12H2,1H3. The van der Waals surface area contributed by atoms with Crippen LogP contribution in [0.5, 0.6) is 5.75 Å². The maximum absolute atomic E-state index is 13.0. The van der Waals surface area contributed by atoms with E-state index in [1.54, 1.807) is 7.05 Å². The minimum atomic E-state index is -0.673. The van der Waals surface area contributed by atoms with Crippen molar-refractivity contribution in [2.24, 2.45) is 5.73 Å². The average molecular weight is 210 g/mol. The summed E-state index contributed by atoms with van der Waals surface area (Å²) in [5.74, 6) is -0.173. The minimum Gasteiger partial charge on any atom is -0.477 e. The van der Waals surface area contributed by atoms with Gasteiger partial charge in [0.25, 0.3) is 5.91 Å². The zero-order valence-corrected chi connectivity index (χ0v) is 8.24. The van der Waals surface area contributed by atoms with Gasteiger partial charge in [0.1, 0.15) is 11.6 Å². The van der Waals surface area contributed by atoms with Crippen LogP contribution in [0.2, 0.25) is 0 Å². The van der Waals surface area contributed by atoms with Gasteiger partial charge in [-0.05, 0) is 12.1 Å². The predicted octanol–water partition coefficient (Wildman–Crippen LogP) is 0.508. The zero-order chi connectivity index (χ0) is 11.0. The van der Waals surface area contributed by atoms with Crippen molar-refractivity contribution in [3.8, 4) is 5.75 Å². The topological polar surface area (TPSA) is 55.6 Å². The fraction of sp³-hybridized carbons (Fsp3) is 0.300. The van der Waals surface area contributed by atoms with Crippen molar-refractivity contribution in [2.75, 3.05) is 18.5 Å². The lowest BCUT2D eigenvalue weighted by Crippen LogP contribution is -2.47. The van der Waals surface area contributed by atoms with Crippen LogP contribution in [-0.2, 0) is 4.79 Å². The van der Waals surface area contributed by atoms with Gasteiger partial charge in [0.2, 0.25) is 0 Å². The summed E-state index contributed by atoms with van der Waals surface area (Å²) < 4.78 is 18.3. The number of nitrogens with two attached hydrogens (primary N) is 1. The van der Waals surface area contributed by atoms with Crippen LogP contribution in [0.1, 0.15) is 0 Å². The summed E-state index contributed by atoms with van der Waals surface area (Å²) in [6.45, 7) is 0.111. The number of anilines is 1. The number of halogens is 1. The van der Waals surface area contributed by atoms with E-state index < -0.39 is 11.9 Å². The Morgan fingerprint density at radius 1 is 1.60 bits per heavy atom. The smallest absolute Gasteiger partial charge is 0.269 e. The lowest BCUT2D eigenvalue weighted by molar-refractivity contribution is -0.125. The summed E-state index contributed by atoms with van der Waals surface area (Å²) in [5.41, 5.74) is 5.83. The third kappa shape index (κ3) is 1.55. The van der Waals surface area contributed by atoms with Gasteiger partial charge in [0.05, 0.1) is 5.69 Å². The summed E-state index contributed by atoms with van der Waals surface area (Å²) in [4.78, 5) is 13.0. The molecule has 1 aromatic carbocycles. The molecule has 0 spiro atoms. The normalized spacial score (nSPS) is 19.8. The molecule has 2 N–H and O–H groups in total. The average Bonchev–Trinajstić information content (AvgIpc) is 2.24. The Labute approximate surface area is 86.4 Å². The highest BCUT2D eigenvalue weighted by atomic mass is 19.1. The quantitative estimate of drug-likeness (QED) is 0.734. The SMILES string of the molecule is CN1C(=O)C(CN)Oc2ccc(F)cc21. The predicted molar refractivity (Wildman–Crippen MR) is 53.3 cm³/mol. The number of nitrogens with zero attached hydrogens (tertiary/aromatic N) is 1. The molecule has 2 rings (SSSR count). The highest BCUT2D eigenvalue weighted by Gasteiger charge is 2.31. The van der Waals surface area contributed by atoms with E-state index in [1.807, 2.05) is 0 Å². The van der Waals surface area contributed by atoms with Crippen LogP contribution in [0.15, 0.2) is 18.2 Å². The Hall–Kier alpha value is -1.62. The molecular formula is C10H11FN2O2. The fourth-order valence-electron chi connectivity index (χ4n) is 1.54. The summed E-state index contributed by atoms with van der Waals surface area (Å²) >= 11 is 0. The number of rotatable bonds is 1. The lowest BCUT2D eigenvalue weighted by Gasteiger charge is -2.31. The van der Waals surface area contributed by atoms with Gasteiger partial charge in [-0.25, -0.2) is 4.39 Å². The molecule has 0 fully saturated rings. The monoisotopic (exact) mass is 210 g/mol. The van der Waals surface area contributed by atoms with Gasteiger partial charge in [-0.1, -0.05) is 0 Å². The number of carbonyl (C=O) groups excluding carboxylic acids is 1. The molecule has 1 unspecified atom stereocenters. The molecule has 0 saturated carbocycles. The summed E-state index contributed by atoms with van der Waals surface area (Å²) in [6, 6.07) is 4.05. The van der Waals surface area contributed by atoms with Crippen molar-refractivity contribution in [1.29, 1.82) is 0 Å². The van der Waals surface area contributed by atoms with Crippen molar-refractivity contribution in [1.82, 2.24) is 0 Å². The molecule has 0 aromatic heterocycles. The lowest BCUT2D eigenvalue weighted by atomic mass is 10.2. The van der Waals surface area contributed by atoms with E-state index >= 15 is 0 Å². The van der Waals surface area contributed by atoms with Crippen LogP contribution in [0.25, 0.3) is 0 Å². The summed E-state index contributed by atoms with van der Waals surface area (Å²) in [6.07, 6.45) is -0.673. The second-order valence-corrected chi connectivity index (χ2v) is 3.35. The van der Waals surface area contributed by atoms with E-state index in [-0.39, 0.29) is 12.5 Å². The van der Waals surface area contributed by atoms with Crippen molar-refractivity contribution >= 4 is 11.6 Å². The van der Waals surface area contributed by atoms with Crippen LogP contribution >= 0.6 is 0 Å². The van der Waals surface area contributed by atoms with Crippen molar-refractivity contribution in [2.45, 2.75) is 6.10 Å². The van der Waals surface area contributed by atoms with Gasteiger partial charge in [-0.15, -0.1) is 0 Å². The van der Waals surface area contributed by atoms with Gasteiger partial charge in [-0.2, -0.15) is 0 Å². The summed E-state index contributed by atoms with van der Waals surface area (Å²) in [7, 11) is 1.58. The molecule has 1 amide bonds. The van der Waals surface area contributed by atoms with E-state index in [0.717, 1.165) is 0 Å². The summed E-state index contributed by atoms with van der Waals surface area (Å²) in [5, 5.41) is 0. The molecule has 4 nitrogen and oxygen atoms in total. The molecule has 1 heterocycles. The first-order valence-electron chi connectivity index (χ1n) is 4.57. The van der Waals surface area contributed by atoms with E-state index in [2.05, 4.69) is 0 Å². The third-order valence-corrected chi connectivity index (χ3v) is 2.37. The van der Waals surface area contributed by atoms with E-state index in [0.29, 0.717) is 11.4 Å². The third-order valence-electron chi connectivity index (χ3n) is 2.37. The van der Waals surface area contributed by atoms with Gasteiger partial charge in [0.15, 0.2) is 6.10 Å². The second kappa shape index (κ2) is 3.51.